The van der Waals surface area contributed by atoms with E-state index in [-0.39, 0.29) is 34.7 Å². The summed E-state index contributed by atoms with van der Waals surface area (Å²) >= 11 is 0. The zero-order valence-corrected chi connectivity index (χ0v) is 25.4. The number of ether oxygens (including phenoxy) is 2. The fourth-order valence-electron chi connectivity index (χ4n) is 3.30. The first-order chi connectivity index (χ1) is 15.9. The molecule has 3 atom stereocenters. The van der Waals surface area contributed by atoms with Crippen molar-refractivity contribution < 1.29 is 18.3 Å². The van der Waals surface area contributed by atoms with Crippen LogP contribution in [0.2, 0.25) is 36.3 Å². The summed E-state index contributed by atoms with van der Waals surface area (Å²) < 4.78 is 26.8. The van der Waals surface area contributed by atoms with Crippen LogP contribution in [0.25, 0.3) is 0 Å². The maximum atomic E-state index is 12.8. The molecule has 0 radical (unpaired) electrons. The summed E-state index contributed by atoms with van der Waals surface area (Å²) in [5.41, 5.74) is 6.18. The van der Waals surface area contributed by atoms with Gasteiger partial charge in [0.15, 0.2) is 16.6 Å². The van der Waals surface area contributed by atoms with Crippen LogP contribution in [0.5, 0.6) is 0 Å². The number of hydrogen-bond donors (Lipinski definition) is 1. The molecular formula is C25H47N3O5Si2. The molecule has 8 nitrogen and oxygen atoms in total. The molecule has 2 heterocycles. The molecule has 1 fully saturated rings. The number of nitrogens with zero attached hydrogens (tertiary/aromatic N) is 2. The second-order valence-electron chi connectivity index (χ2n) is 12.5. The van der Waals surface area contributed by atoms with Gasteiger partial charge in [-0.3, -0.25) is 4.57 Å². The number of rotatable bonds is 10. The molecule has 0 bridgehead atoms. The molecule has 1 aliphatic rings. The van der Waals surface area contributed by atoms with Crippen LogP contribution in [0.3, 0.4) is 0 Å². The van der Waals surface area contributed by atoms with Gasteiger partial charge in [0, 0.05) is 18.2 Å². The van der Waals surface area contributed by atoms with E-state index in [1.54, 1.807) is 12.3 Å². The molecule has 35 heavy (non-hydrogen) atoms. The Morgan fingerprint density at radius 1 is 1.17 bits per heavy atom. The van der Waals surface area contributed by atoms with Gasteiger partial charge in [0.25, 0.3) is 0 Å². The zero-order valence-electron chi connectivity index (χ0n) is 23.4. The van der Waals surface area contributed by atoms with E-state index in [1.807, 2.05) is 0 Å². The molecule has 1 saturated heterocycles. The van der Waals surface area contributed by atoms with E-state index in [1.165, 1.54) is 4.57 Å². The molecule has 10 heteroatoms. The van der Waals surface area contributed by atoms with Crippen molar-refractivity contribution in [3.05, 3.63) is 34.9 Å². The van der Waals surface area contributed by atoms with Gasteiger partial charge in [0.05, 0.1) is 25.9 Å². The summed E-state index contributed by atoms with van der Waals surface area (Å²) in [5.74, 6) is 0.167. The number of aromatic nitrogens is 2. The van der Waals surface area contributed by atoms with Crippen molar-refractivity contribution in [2.45, 2.75) is 109 Å². The van der Waals surface area contributed by atoms with Crippen molar-refractivity contribution in [3.63, 3.8) is 0 Å². The number of anilines is 1. The van der Waals surface area contributed by atoms with E-state index < -0.39 is 28.6 Å². The largest absolute Gasteiger partial charge is 0.414 e. The van der Waals surface area contributed by atoms with E-state index in [0.717, 1.165) is 0 Å². The van der Waals surface area contributed by atoms with Crippen LogP contribution >= 0.6 is 0 Å². The molecule has 1 aromatic rings. The van der Waals surface area contributed by atoms with Crippen LogP contribution in [-0.4, -0.2) is 51.6 Å². The predicted octanol–water partition coefficient (Wildman–Crippen LogP) is 5.23. The van der Waals surface area contributed by atoms with Crippen LogP contribution in [0.4, 0.5) is 5.82 Å². The highest BCUT2D eigenvalue weighted by Gasteiger charge is 2.46. The standard InChI is InChI=1S/C25H47N3O5Si2/c1-12-13-30-16-18-15-28(23(29)27-22(18)26)21-14-19(33-35(10,11)25(5,6)7)20(32-21)17-31-34(8,9)24(2,3)4/h12,15,19-21H,1,13-14,16-17H2,2-11H3,(H2,26,27,29)/t19-,20-,21-/m1/s1. The fourth-order valence-corrected chi connectivity index (χ4v) is 5.67. The highest BCUT2D eigenvalue weighted by Crippen LogP contribution is 2.42. The second kappa shape index (κ2) is 11.0. The van der Waals surface area contributed by atoms with Crippen molar-refractivity contribution in [2.24, 2.45) is 0 Å². The quantitative estimate of drug-likeness (QED) is 0.254. The average Bonchev–Trinajstić information content (AvgIpc) is 3.08. The SMILES string of the molecule is C=CCOCc1cn([C@H]2C[C@@H](O[Si](C)(C)C(C)(C)C)[C@@H](CO[Si](C)(C)C(C)(C)C)O2)c(=O)nc1N. The minimum Gasteiger partial charge on any atom is -0.414 e. The van der Waals surface area contributed by atoms with Gasteiger partial charge in [-0.1, -0.05) is 47.6 Å². The molecule has 1 aromatic heterocycles. The van der Waals surface area contributed by atoms with Crippen LogP contribution in [-0.2, 0) is 24.9 Å². The smallest absolute Gasteiger partial charge is 0.351 e. The van der Waals surface area contributed by atoms with Crippen LogP contribution < -0.4 is 11.4 Å². The first-order valence-corrected chi connectivity index (χ1v) is 18.2. The molecule has 0 unspecified atom stereocenters. The Labute approximate surface area is 213 Å². The highest BCUT2D eigenvalue weighted by molar-refractivity contribution is 6.74. The van der Waals surface area contributed by atoms with Crippen molar-refractivity contribution >= 4 is 22.5 Å². The molecule has 0 saturated carbocycles. The third-order valence-electron chi connectivity index (χ3n) is 7.71. The first kappa shape index (κ1) is 29.9. The summed E-state index contributed by atoms with van der Waals surface area (Å²) in [5, 5.41) is 0.129. The summed E-state index contributed by atoms with van der Waals surface area (Å²) in [6.45, 7) is 26.9. The van der Waals surface area contributed by atoms with Gasteiger partial charge in [-0.15, -0.1) is 6.58 Å². The fraction of sp³-hybridized carbons (Fsp3) is 0.760. The minimum absolute atomic E-state index is 0.0468. The van der Waals surface area contributed by atoms with Crippen LogP contribution in [0.15, 0.2) is 23.6 Å². The van der Waals surface area contributed by atoms with Crippen molar-refractivity contribution in [2.75, 3.05) is 18.9 Å². The Morgan fingerprint density at radius 2 is 1.77 bits per heavy atom. The van der Waals surface area contributed by atoms with E-state index in [0.29, 0.717) is 25.2 Å². The Kier molecular flexibility index (Phi) is 9.39. The topological polar surface area (TPSA) is 97.8 Å². The van der Waals surface area contributed by atoms with E-state index in [2.05, 4.69) is 79.3 Å². The third-order valence-corrected chi connectivity index (χ3v) is 16.7. The van der Waals surface area contributed by atoms with E-state index in [9.17, 15) is 4.79 Å². The minimum atomic E-state index is -2.09. The Hall–Kier alpha value is -1.31. The van der Waals surface area contributed by atoms with Crippen LogP contribution in [0.1, 0.15) is 59.8 Å². The maximum Gasteiger partial charge on any atom is 0.351 e. The van der Waals surface area contributed by atoms with Crippen LogP contribution in [0, 0.1) is 0 Å². The molecule has 0 amide bonds. The van der Waals surface area contributed by atoms with Crippen molar-refractivity contribution in [1.29, 1.82) is 0 Å². The van der Waals surface area contributed by atoms with Crippen molar-refractivity contribution in [1.82, 2.24) is 9.55 Å². The lowest BCUT2D eigenvalue weighted by Crippen LogP contribution is -2.48. The molecule has 2 N–H and O–H groups in total. The van der Waals surface area contributed by atoms with Gasteiger partial charge in [-0.05, 0) is 36.3 Å². The normalized spacial score (nSPS) is 21.9. The summed E-state index contributed by atoms with van der Waals surface area (Å²) in [6, 6.07) is 0. The highest BCUT2D eigenvalue weighted by atomic mass is 28.4. The van der Waals surface area contributed by atoms with Crippen molar-refractivity contribution in [3.8, 4) is 0 Å². The molecular weight excluding hydrogens is 478 g/mol. The first-order valence-electron chi connectivity index (χ1n) is 12.4. The number of hydrogen-bond acceptors (Lipinski definition) is 7. The maximum absolute atomic E-state index is 12.8. The predicted molar refractivity (Wildman–Crippen MR) is 147 cm³/mol. The lowest BCUT2D eigenvalue weighted by molar-refractivity contribution is -0.0413. The zero-order chi connectivity index (χ0) is 26.8. The van der Waals surface area contributed by atoms with Gasteiger partial charge in [-0.25, -0.2) is 4.79 Å². The lowest BCUT2D eigenvalue weighted by atomic mass is 10.2. The molecule has 0 spiro atoms. The monoisotopic (exact) mass is 525 g/mol. The van der Waals surface area contributed by atoms with Gasteiger partial charge in [0.1, 0.15) is 18.1 Å². The van der Waals surface area contributed by atoms with Gasteiger partial charge < -0.3 is 24.1 Å². The summed E-state index contributed by atoms with van der Waals surface area (Å²) in [6.07, 6.45) is 2.91. The van der Waals surface area contributed by atoms with E-state index >= 15 is 0 Å². The Bertz CT molecular complexity index is 935. The second-order valence-corrected chi connectivity index (χ2v) is 22.1. The van der Waals surface area contributed by atoms with Gasteiger partial charge in [0.2, 0.25) is 0 Å². The Morgan fingerprint density at radius 3 is 2.31 bits per heavy atom. The summed E-state index contributed by atoms with van der Waals surface area (Å²) in [7, 11) is -4.08. The third kappa shape index (κ3) is 7.36. The van der Waals surface area contributed by atoms with Gasteiger partial charge in [-0.2, -0.15) is 4.98 Å². The molecule has 200 valence electrons. The summed E-state index contributed by atoms with van der Waals surface area (Å²) in [4.78, 5) is 16.8. The van der Waals surface area contributed by atoms with E-state index in [4.69, 9.17) is 24.1 Å². The Balaban J connectivity index is 2.34. The number of nitrogen functional groups attached to an aromatic ring is 1. The average molecular weight is 526 g/mol. The van der Waals surface area contributed by atoms with Gasteiger partial charge >= 0.3 is 5.69 Å². The molecule has 0 aromatic carbocycles. The number of nitrogens with two attached hydrogens (primary N) is 1. The lowest BCUT2D eigenvalue weighted by Gasteiger charge is -2.40. The molecule has 1 aliphatic heterocycles. The molecule has 2 rings (SSSR count). The molecule has 0 aliphatic carbocycles.